The van der Waals surface area contributed by atoms with E-state index < -0.39 is 20.0 Å². The van der Waals surface area contributed by atoms with Crippen LogP contribution in [0.4, 0.5) is 5.69 Å². The monoisotopic (exact) mass is 457 g/mol. The molecule has 0 saturated carbocycles. The molecule has 0 atom stereocenters. The van der Waals surface area contributed by atoms with Crippen molar-refractivity contribution in [3.63, 3.8) is 0 Å². The molecule has 0 spiro atoms. The van der Waals surface area contributed by atoms with Crippen LogP contribution in [0.3, 0.4) is 0 Å². The zero-order chi connectivity index (χ0) is 22.2. The second-order valence-electron chi connectivity index (χ2n) is 7.43. The van der Waals surface area contributed by atoms with Crippen molar-refractivity contribution in [2.45, 2.75) is 38.4 Å². The van der Waals surface area contributed by atoms with Gasteiger partial charge in [-0.15, -0.1) is 6.58 Å². The Morgan fingerprint density at radius 1 is 1.17 bits per heavy atom. The third-order valence-corrected chi connectivity index (χ3v) is 8.28. The molecule has 2 N–H and O–H groups in total. The van der Waals surface area contributed by atoms with Crippen LogP contribution in [0.25, 0.3) is 0 Å². The van der Waals surface area contributed by atoms with E-state index in [1.54, 1.807) is 24.3 Å². The third kappa shape index (κ3) is 7.50. The third-order valence-electron chi connectivity index (χ3n) is 5.00. The molecule has 0 radical (unpaired) electrons. The van der Waals surface area contributed by atoms with E-state index >= 15 is 0 Å². The zero-order valence-electron chi connectivity index (χ0n) is 17.3. The van der Waals surface area contributed by atoms with E-state index in [4.69, 9.17) is 0 Å². The maximum absolute atomic E-state index is 12.5. The molecule has 1 aliphatic rings. The van der Waals surface area contributed by atoms with Crippen LogP contribution < -0.4 is 10.0 Å². The van der Waals surface area contributed by atoms with E-state index in [1.165, 1.54) is 10.4 Å². The molecule has 10 heteroatoms. The second-order valence-corrected chi connectivity index (χ2v) is 11.3. The molecule has 0 bridgehead atoms. The SMILES string of the molecule is C=CCNS(=O)(=O)Cc1ccc(NC(=O)C2CCN(S(=O)(=O)CCCC)CC2)cc1. The van der Waals surface area contributed by atoms with Crippen LogP contribution >= 0.6 is 0 Å². The Hall–Kier alpha value is -1.75. The molecular formula is C20H31N3O5S2. The van der Waals surface area contributed by atoms with E-state index in [0.29, 0.717) is 43.6 Å². The molecule has 1 fully saturated rings. The lowest BCUT2D eigenvalue weighted by Crippen LogP contribution is -2.42. The Balaban J connectivity index is 1.86. The predicted molar refractivity (Wildman–Crippen MR) is 119 cm³/mol. The average Bonchev–Trinajstić information content (AvgIpc) is 2.72. The van der Waals surface area contributed by atoms with Gasteiger partial charge in [-0.05, 0) is 37.0 Å². The highest BCUT2D eigenvalue weighted by atomic mass is 32.2. The zero-order valence-corrected chi connectivity index (χ0v) is 19.0. The fraction of sp³-hybridized carbons (Fsp3) is 0.550. The molecule has 1 amide bonds. The van der Waals surface area contributed by atoms with Crippen molar-refractivity contribution < 1.29 is 21.6 Å². The molecule has 168 valence electrons. The van der Waals surface area contributed by atoms with Gasteiger partial charge in [0.25, 0.3) is 0 Å². The Morgan fingerprint density at radius 2 is 1.80 bits per heavy atom. The number of benzene rings is 1. The summed E-state index contributed by atoms with van der Waals surface area (Å²) >= 11 is 0. The van der Waals surface area contributed by atoms with Crippen molar-refractivity contribution in [1.29, 1.82) is 0 Å². The first kappa shape index (κ1) is 24.5. The van der Waals surface area contributed by atoms with Crippen molar-refractivity contribution in [1.82, 2.24) is 9.03 Å². The maximum atomic E-state index is 12.5. The van der Waals surface area contributed by atoms with Gasteiger partial charge in [-0.3, -0.25) is 4.79 Å². The maximum Gasteiger partial charge on any atom is 0.227 e. The first-order valence-electron chi connectivity index (χ1n) is 10.1. The summed E-state index contributed by atoms with van der Waals surface area (Å²) in [6, 6.07) is 6.65. The van der Waals surface area contributed by atoms with E-state index in [1.807, 2.05) is 6.92 Å². The lowest BCUT2D eigenvalue weighted by Gasteiger charge is -2.30. The number of hydrogen-bond acceptors (Lipinski definition) is 5. The van der Waals surface area contributed by atoms with Gasteiger partial charge in [0.2, 0.25) is 26.0 Å². The first-order valence-corrected chi connectivity index (χ1v) is 13.4. The molecular weight excluding hydrogens is 426 g/mol. The van der Waals surface area contributed by atoms with Gasteiger partial charge in [0.05, 0.1) is 11.5 Å². The number of piperidine rings is 1. The van der Waals surface area contributed by atoms with Gasteiger partial charge < -0.3 is 5.32 Å². The van der Waals surface area contributed by atoms with E-state index in [0.717, 1.165) is 6.42 Å². The summed E-state index contributed by atoms with van der Waals surface area (Å²) in [5.41, 5.74) is 1.19. The number of carbonyl (C=O) groups is 1. The Morgan fingerprint density at radius 3 is 2.37 bits per heavy atom. The van der Waals surface area contributed by atoms with Crippen molar-refractivity contribution >= 4 is 31.6 Å². The van der Waals surface area contributed by atoms with Crippen LogP contribution in [0.5, 0.6) is 0 Å². The number of carbonyl (C=O) groups excluding carboxylic acids is 1. The summed E-state index contributed by atoms with van der Waals surface area (Å²) in [7, 11) is -6.67. The number of nitrogens with one attached hydrogen (secondary N) is 2. The predicted octanol–water partition coefficient (Wildman–Crippen LogP) is 2.07. The lowest BCUT2D eigenvalue weighted by atomic mass is 9.97. The van der Waals surface area contributed by atoms with Crippen molar-refractivity contribution in [3.05, 3.63) is 42.5 Å². The van der Waals surface area contributed by atoms with Gasteiger partial charge in [-0.1, -0.05) is 31.6 Å². The molecule has 1 aromatic carbocycles. The highest BCUT2D eigenvalue weighted by Gasteiger charge is 2.30. The standard InChI is InChI=1S/C20H31N3O5S2/c1-3-5-15-30(27,28)23-13-10-18(11-14-23)20(24)22-19-8-6-17(7-9-19)16-29(25,26)21-12-4-2/h4,6-9,18,21H,2-3,5,10-16H2,1H3,(H,22,24). The number of amides is 1. The smallest absolute Gasteiger partial charge is 0.227 e. The van der Waals surface area contributed by atoms with Gasteiger partial charge in [-0.2, -0.15) is 0 Å². The molecule has 8 nitrogen and oxygen atoms in total. The molecule has 1 heterocycles. The summed E-state index contributed by atoms with van der Waals surface area (Å²) < 4.78 is 52.3. The topological polar surface area (TPSA) is 113 Å². The molecule has 2 rings (SSSR count). The molecule has 0 aromatic heterocycles. The summed E-state index contributed by atoms with van der Waals surface area (Å²) in [6.07, 6.45) is 3.92. The van der Waals surface area contributed by atoms with E-state index in [-0.39, 0.29) is 29.9 Å². The Kier molecular flexibility index (Phi) is 9.02. The highest BCUT2D eigenvalue weighted by molar-refractivity contribution is 7.89. The number of rotatable bonds is 11. The van der Waals surface area contributed by atoms with E-state index in [2.05, 4.69) is 16.6 Å². The molecule has 1 aromatic rings. The Labute approximate surface area is 179 Å². The first-order chi connectivity index (χ1) is 14.2. The number of nitrogens with zero attached hydrogens (tertiary/aromatic N) is 1. The van der Waals surface area contributed by atoms with E-state index in [9.17, 15) is 21.6 Å². The van der Waals surface area contributed by atoms with Crippen molar-refractivity contribution in [2.24, 2.45) is 5.92 Å². The van der Waals surface area contributed by atoms with Gasteiger partial charge in [0.1, 0.15) is 0 Å². The largest absolute Gasteiger partial charge is 0.326 e. The lowest BCUT2D eigenvalue weighted by molar-refractivity contribution is -0.120. The average molecular weight is 458 g/mol. The van der Waals surface area contributed by atoms with Gasteiger partial charge in [-0.25, -0.2) is 25.9 Å². The van der Waals surface area contributed by atoms with Crippen LogP contribution in [0.15, 0.2) is 36.9 Å². The number of sulfonamides is 2. The van der Waals surface area contributed by atoms with Crippen molar-refractivity contribution in [3.8, 4) is 0 Å². The summed E-state index contributed by atoms with van der Waals surface area (Å²) in [6.45, 7) is 6.33. The number of unbranched alkanes of at least 4 members (excludes halogenated alkanes) is 1. The molecule has 1 aliphatic heterocycles. The second kappa shape index (κ2) is 11.0. The minimum absolute atomic E-state index is 0.145. The Bertz CT molecular complexity index is 920. The van der Waals surface area contributed by atoms with Crippen LogP contribution in [0.2, 0.25) is 0 Å². The minimum atomic E-state index is -3.44. The fourth-order valence-corrected chi connectivity index (χ4v) is 6.02. The van der Waals surface area contributed by atoms with Gasteiger partial charge in [0.15, 0.2) is 0 Å². The van der Waals surface area contributed by atoms with Crippen LogP contribution in [-0.2, 0) is 30.6 Å². The molecule has 1 saturated heterocycles. The normalized spacial score (nSPS) is 16.3. The minimum Gasteiger partial charge on any atom is -0.326 e. The molecule has 0 aliphatic carbocycles. The van der Waals surface area contributed by atoms with Crippen molar-refractivity contribution in [2.75, 3.05) is 30.7 Å². The quantitative estimate of drug-likeness (QED) is 0.494. The van der Waals surface area contributed by atoms with Crippen LogP contribution in [-0.4, -0.2) is 52.4 Å². The molecule has 30 heavy (non-hydrogen) atoms. The number of anilines is 1. The number of hydrogen-bond donors (Lipinski definition) is 2. The van der Waals surface area contributed by atoms with Gasteiger partial charge in [0, 0.05) is 31.2 Å². The fourth-order valence-electron chi connectivity index (χ4n) is 3.24. The highest BCUT2D eigenvalue weighted by Crippen LogP contribution is 2.22. The summed E-state index contributed by atoms with van der Waals surface area (Å²) in [4.78, 5) is 12.5. The summed E-state index contributed by atoms with van der Waals surface area (Å²) in [5, 5.41) is 2.84. The van der Waals surface area contributed by atoms with Crippen LogP contribution in [0, 0.1) is 5.92 Å². The molecule has 0 unspecified atom stereocenters. The van der Waals surface area contributed by atoms with Crippen LogP contribution in [0.1, 0.15) is 38.2 Å². The summed E-state index contributed by atoms with van der Waals surface area (Å²) in [5.74, 6) is -0.384. The van der Waals surface area contributed by atoms with Gasteiger partial charge >= 0.3 is 0 Å².